The van der Waals surface area contributed by atoms with E-state index in [-0.39, 0.29) is 5.58 Å². The van der Waals surface area contributed by atoms with Gasteiger partial charge in [-0.3, -0.25) is 0 Å². The molecule has 0 aliphatic rings. The Morgan fingerprint density at radius 1 is 1.30 bits per heavy atom. The molecule has 20 heavy (non-hydrogen) atoms. The normalized spacial score (nSPS) is 10.9. The molecule has 1 aromatic carbocycles. The third kappa shape index (κ3) is 3.05. The van der Waals surface area contributed by atoms with E-state index >= 15 is 0 Å². The van der Waals surface area contributed by atoms with Gasteiger partial charge in [-0.25, -0.2) is 9.59 Å². The van der Waals surface area contributed by atoms with Crippen LogP contribution in [0.5, 0.6) is 0 Å². The molecular weight excluding hydrogens is 260 g/mol. The van der Waals surface area contributed by atoms with E-state index in [4.69, 9.17) is 9.52 Å². The Morgan fingerprint density at radius 2 is 2.00 bits per heavy atom. The van der Waals surface area contributed by atoms with E-state index in [0.29, 0.717) is 10.9 Å². The largest absolute Gasteiger partial charge is 0.477 e. The van der Waals surface area contributed by atoms with Crippen LogP contribution < -0.4 is 5.63 Å². The van der Waals surface area contributed by atoms with Crippen LogP contribution in [0.1, 0.15) is 29.8 Å². The summed E-state index contributed by atoms with van der Waals surface area (Å²) in [6.07, 6.45) is 0. The molecule has 1 aromatic heterocycles. The van der Waals surface area contributed by atoms with Gasteiger partial charge in [-0.1, -0.05) is 11.8 Å². The molecule has 5 nitrogen and oxygen atoms in total. The van der Waals surface area contributed by atoms with Crippen LogP contribution in [0.15, 0.2) is 33.5 Å². The number of carboxylic acid groups (broad SMARTS) is 1. The zero-order valence-corrected chi connectivity index (χ0v) is 10.9. The molecule has 0 fully saturated rings. The van der Waals surface area contributed by atoms with Crippen LogP contribution in [0.4, 0.5) is 0 Å². The molecule has 102 valence electrons. The Kier molecular flexibility index (Phi) is 3.35. The molecule has 0 spiro atoms. The molecule has 2 aromatic rings. The minimum absolute atomic E-state index is 0.252. The van der Waals surface area contributed by atoms with Gasteiger partial charge in [-0.15, -0.1) is 0 Å². The number of benzene rings is 1. The number of rotatable bonds is 1. The average molecular weight is 272 g/mol. The zero-order chi connectivity index (χ0) is 14.9. The third-order valence-corrected chi connectivity index (χ3v) is 2.48. The Morgan fingerprint density at radius 3 is 2.60 bits per heavy atom. The maximum Gasteiger partial charge on any atom is 0.351 e. The molecule has 0 aliphatic carbocycles. The van der Waals surface area contributed by atoms with Gasteiger partial charge in [-0.2, -0.15) is 0 Å². The first-order valence-electron chi connectivity index (χ1n) is 5.83. The van der Waals surface area contributed by atoms with Crippen molar-refractivity contribution in [1.29, 1.82) is 0 Å². The lowest BCUT2D eigenvalue weighted by atomic mass is 10.1. The molecule has 0 atom stereocenters. The van der Waals surface area contributed by atoms with Crippen molar-refractivity contribution in [2.24, 2.45) is 0 Å². The lowest BCUT2D eigenvalue weighted by Crippen LogP contribution is -2.14. The molecule has 0 unspecified atom stereocenters. The van der Waals surface area contributed by atoms with Gasteiger partial charge in [0.2, 0.25) is 0 Å². The Hall–Kier alpha value is -2.58. The van der Waals surface area contributed by atoms with E-state index in [2.05, 4.69) is 11.8 Å². The molecule has 0 aliphatic heterocycles. The fraction of sp³-hybridized carbons (Fsp3) is 0.200. The second kappa shape index (κ2) is 4.83. The fourth-order valence-corrected chi connectivity index (χ4v) is 1.56. The summed E-state index contributed by atoms with van der Waals surface area (Å²) in [5.74, 6) is 4.07. The highest BCUT2D eigenvalue weighted by molar-refractivity contribution is 5.91. The van der Waals surface area contributed by atoms with Gasteiger partial charge in [0.25, 0.3) is 0 Å². The van der Waals surface area contributed by atoms with Crippen LogP contribution in [0, 0.1) is 11.8 Å². The topological polar surface area (TPSA) is 87.7 Å². The highest BCUT2D eigenvalue weighted by Gasteiger charge is 2.12. The van der Waals surface area contributed by atoms with E-state index < -0.39 is 22.8 Å². The van der Waals surface area contributed by atoms with Crippen LogP contribution in [0.25, 0.3) is 11.0 Å². The lowest BCUT2D eigenvalue weighted by Gasteiger charge is -2.06. The van der Waals surface area contributed by atoms with Crippen molar-refractivity contribution in [2.75, 3.05) is 0 Å². The molecule has 0 amide bonds. The molecular formula is C15H12O5. The Bertz CT molecular complexity index is 797. The van der Waals surface area contributed by atoms with E-state index in [1.54, 1.807) is 26.0 Å². The summed E-state index contributed by atoms with van der Waals surface area (Å²) >= 11 is 0. The predicted molar refractivity (Wildman–Crippen MR) is 72.6 cm³/mol. The average Bonchev–Trinajstić information content (AvgIpc) is 2.34. The summed E-state index contributed by atoms with van der Waals surface area (Å²) in [4.78, 5) is 22.3. The van der Waals surface area contributed by atoms with Crippen molar-refractivity contribution in [3.8, 4) is 11.8 Å². The van der Waals surface area contributed by atoms with Crippen molar-refractivity contribution in [2.45, 2.75) is 19.4 Å². The third-order valence-electron chi connectivity index (χ3n) is 2.48. The first kappa shape index (κ1) is 13.8. The molecule has 1 heterocycles. The number of aliphatic hydroxyl groups is 1. The van der Waals surface area contributed by atoms with E-state index in [1.165, 1.54) is 12.1 Å². The summed E-state index contributed by atoms with van der Waals surface area (Å²) in [5.41, 5.74) is -1.62. The van der Waals surface area contributed by atoms with Gasteiger partial charge in [0.1, 0.15) is 16.7 Å². The minimum Gasteiger partial charge on any atom is -0.477 e. The number of fused-ring (bicyclic) bond motifs is 1. The lowest BCUT2D eigenvalue weighted by molar-refractivity contribution is 0.0692. The Labute approximate surface area is 114 Å². The van der Waals surface area contributed by atoms with Gasteiger partial charge in [0, 0.05) is 10.9 Å². The molecule has 2 N–H and O–H groups in total. The summed E-state index contributed by atoms with van der Waals surface area (Å²) in [6, 6.07) is 6.06. The van der Waals surface area contributed by atoms with Crippen molar-refractivity contribution < 1.29 is 19.4 Å². The monoisotopic (exact) mass is 272 g/mol. The van der Waals surface area contributed by atoms with Crippen molar-refractivity contribution in [3.05, 3.63) is 45.8 Å². The second-order valence-corrected chi connectivity index (χ2v) is 4.81. The van der Waals surface area contributed by atoms with E-state index in [1.807, 2.05) is 0 Å². The molecule has 0 saturated carbocycles. The first-order valence-corrected chi connectivity index (χ1v) is 5.83. The zero-order valence-electron chi connectivity index (χ0n) is 10.9. The molecule has 0 bridgehead atoms. The Balaban J connectivity index is 2.56. The maximum absolute atomic E-state index is 11.5. The summed E-state index contributed by atoms with van der Waals surface area (Å²) < 4.78 is 4.96. The van der Waals surface area contributed by atoms with E-state index in [9.17, 15) is 14.7 Å². The molecule has 2 rings (SSSR count). The standard InChI is InChI=1S/C15H12O5/c1-15(2,19)6-5-9-3-4-10-8-11(13(16)17)14(18)20-12(10)7-9/h3-4,7-8,19H,1-2H3,(H,16,17). The summed E-state index contributed by atoms with van der Waals surface area (Å²) in [5, 5.41) is 18.9. The van der Waals surface area contributed by atoms with Gasteiger partial charge < -0.3 is 14.6 Å². The van der Waals surface area contributed by atoms with Gasteiger partial charge in [0.15, 0.2) is 0 Å². The van der Waals surface area contributed by atoms with Crippen LogP contribution in [-0.4, -0.2) is 21.8 Å². The van der Waals surface area contributed by atoms with Crippen LogP contribution in [-0.2, 0) is 0 Å². The minimum atomic E-state index is -1.33. The second-order valence-electron chi connectivity index (χ2n) is 4.81. The van der Waals surface area contributed by atoms with Crippen molar-refractivity contribution in [1.82, 2.24) is 0 Å². The molecule has 5 heteroatoms. The highest BCUT2D eigenvalue weighted by atomic mass is 16.4. The SMILES string of the molecule is CC(C)(O)C#Cc1ccc2cc(C(=O)O)c(=O)oc2c1. The summed E-state index contributed by atoms with van der Waals surface area (Å²) in [7, 11) is 0. The van der Waals surface area contributed by atoms with Crippen molar-refractivity contribution >= 4 is 16.9 Å². The van der Waals surface area contributed by atoms with Gasteiger partial charge in [-0.05, 0) is 38.1 Å². The number of carbonyl (C=O) groups is 1. The van der Waals surface area contributed by atoms with Crippen LogP contribution in [0.2, 0.25) is 0 Å². The van der Waals surface area contributed by atoms with Crippen molar-refractivity contribution in [3.63, 3.8) is 0 Å². The quantitative estimate of drug-likeness (QED) is 0.608. The number of carboxylic acids is 1. The van der Waals surface area contributed by atoms with Gasteiger partial charge >= 0.3 is 11.6 Å². The van der Waals surface area contributed by atoms with Crippen LogP contribution >= 0.6 is 0 Å². The predicted octanol–water partition coefficient (Wildman–Crippen LogP) is 1.61. The first-order chi connectivity index (χ1) is 9.26. The number of aromatic carboxylic acids is 1. The fourth-order valence-electron chi connectivity index (χ4n) is 1.56. The number of hydrogen-bond donors (Lipinski definition) is 2. The van der Waals surface area contributed by atoms with Gasteiger partial charge in [0.05, 0.1) is 0 Å². The highest BCUT2D eigenvalue weighted by Crippen LogP contribution is 2.15. The van der Waals surface area contributed by atoms with E-state index in [0.717, 1.165) is 0 Å². The van der Waals surface area contributed by atoms with Crippen LogP contribution in [0.3, 0.4) is 0 Å². The number of hydrogen-bond acceptors (Lipinski definition) is 4. The molecule has 0 radical (unpaired) electrons. The summed E-state index contributed by atoms with van der Waals surface area (Å²) in [6.45, 7) is 3.11. The maximum atomic E-state index is 11.5. The molecule has 0 saturated heterocycles. The smallest absolute Gasteiger partial charge is 0.351 e.